The first kappa shape index (κ1) is 24.3. The highest BCUT2D eigenvalue weighted by atomic mass is 16.5. The van der Waals surface area contributed by atoms with Crippen LogP contribution in [-0.4, -0.2) is 59.8 Å². The zero-order valence-corrected chi connectivity index (χ0v) is 21.4. The first-order chi connectivity index (χ1) is 17.5. The third kappa shape index (κ3) is 4.82. The number of esters is 1. The molecular formula is C28H35N5O3. The Morgan fingerprint density at radius 3 is 2.56 bits per heavy atom. The number of piperazine rings is 1. The molecule has 1 aliphatic carbocycles. The Morgan fingerprint density at radius 1 is 1.17 bits per heavy atom. The zero-order chi connectivity index (χ0) is 25.2. The van der Waals surface area contributed by atoms with E-state index in [1.165, 1.54) is 5.56 Å². The first-order valence-electron chi connectivity index (χ1n) is 13.0. The molecule has 2 aliphatic heterocycles. The van der Waals surface area contributed by atoms with Crippen LogP contribution in [-0.2, 0) is 9.53 Å². The summed E-state index contributed by atoms with van der Waals surface area (Å²) in [6.07, 6.45) is 6.31. The van der Waals surface area contributed by atoms with E-state index in [2.05, 4.69) is 44.4 Å². The number of allylic oxidation sites excluding steroid dienone is 1. The molecule has 8 heteroatoms. The number of aromatic nitrogens is 2. The van der Waals surface area contributed by atoms with Crippen molar-refractivity contribution in [3.63, 3.8) is 0 Å². The maximum atomic E-state index is 13.2. The summed E-state index contributed by atoms with van der Waals surface area (Å²) >= 11 is 0. The smallest absolute Gasteiger partial charge is 0.351 e. The quantitative estimate of drug-likeness (QED) is 0.593. The monoisotopic (exact) mass is 489 g/mol. The minimum absolute atomic E-state index is 0.178. The molecule has 5 rings (SSSR count). The van der Waals surface area contributed by atoms with Crippen molar-refractivity contribution in [3.8, 4) is 0 Å². The Bertz CT molecular complexity index is 1240. The van der Waals surface area contributed by atoms with E-state index in [1.807, 2.05) is 39.0 Å². The molecule has 190 valence electrons. The molecule has 1 aromatic carbocycles. The number of nitrogens with zero attached hydrogens (tertiary/aromatic N) is 4. The van der Waals surface area contributed by atoms with Crippen molar-refractivity contribution in [3.05, 3.63) is 69.3 Å². The fraction of sp³-hybridized carbons (Fsp3) is 0.464. The Labute approximate surface area is 212 Å². The highest BCUT2D eigenvalue weighted by molar-refractivity contribution is 5.94. The molecule has 1 saturated heterocycles. The second kappa shape index (κ2) is 10.3. The molecule has 1 atom stereocenters. The number of rotatable bonds is 7. The maximum absolute atomic E-state index is 13.2. The SMILES string of the molecule is CCOC(=O)C1=C(C)Nc2c(c(N3CCN(C/C=C/c4ccccc4)CC3)nc(=O)n2C2CC2)C1C. The van der Waals surface area contributed by atoms with Gasteiger partial charge in [-0.2, -0.15) is 4.98 Å². The number of hydrogen-bond acceptors (Lipinski definition) is 7. The topological polar surface area (TPSA) is 79.7 Å². The molecule has 1 aromatic heterocycles. The largest absolute Gasteiger partial charge is 0.463 e. The summed E-state index contributed by atoms with van der Waals surface area (Å²) in [7, 11) is 0. The molecule has 8 nitrogen and oxygen atoms in total. The molecule has 0 radical (unpaired) electrons. The minimum Gasteiger partial charge on any atom is -0.463 e. The molecule has 1 saturated carbocycles. The first-order valence-corrected chi connectivity index (χ1v) is 13.0. The predicted molar refractivity (Wildman–Crippen MR) is 142 cm³/mol. The fourth-order valence-electron chi connectivity index (χ4n) is 5.27. The van der Waals surface area contributed by atoms with Gasteiger partial charge in [0.2, 0.25) is 0 Å². The maximum Gasteiger partial charge on any atom is 0.351 e. The van der Waals surface area contributed by atoms with Crippen LogP contribution in [0.5, 0.6) is 0 Å². The number of ether oxygens (including phenoxy) is 1. The standard InChI is InChI=1S/C28H35N5O3/c1-4-36-27(34)23-19(2)24-25(30-28(35)33(22-12-13-22)26(24)29-20(23)3)32-17-15-31(16-18-32)14-8-11-21-9-6-5-7-10-21/h5-11,19,22,29H,4,12-18H2,1-3H3/b11-8+. The van der Waals surface area contributed by atoms with Gasteiger partial charge in [-0.3, -0.25) is 9.47 Å². The number of nitrogens with one attached hydrogen (secondary N) is 1. The van der Waals surface area contributed by atoms with Crippen molar-refractivity contribution in [2.24, 2.45) is 0 Å². The fourth-order valence-corrected chi connectivity index (χ4v) is 5.27. The van der Waals surface area contributed by atoms with Gasteiger partial charge in [-0.15, -0.1) is 0 Å². The lowest BCUT2D eigenvalue weighted by Crippen LogP contribution is -2.48. The summed E-state index contributed by atoms with van der Waals surface area (Å²) in [4.78, 5) is 35.2. The van der Waals surface area contributed by atoms with E-state index in [0.29, 0.717) is 18.0 Å². The Morgan fingerprint density at radius 2 is 1.89 bits per heavy atom. The normalized spacial score (nSPS) is 20.4. The van der Waals surface area contributed by atoms with Crippen LogP contribution >= 0.6 is 0 Å². The van der Waals surface area contributed by atoms with Gasteiger partial charge in [0.15, 0.2) is 0 Å². The molecule has 2 aromatic rings. The number of anilines is 2. The number of carbonyl (C=O) groups is 1. The van der Waals surface area contributed by atoms with Gasteiger partial charge in [0.25, 0.3) is 0 Å². The molecule has 3 aliphatic rings. The van der Waals surface area contributed by atoms with Crippen LogP contribution in [0.3, 0.4) is 0 Å². The summed E-state index contributed by atoms with van der Waals surface area (Å²) in [5, 5.41) is 3.40. The molecule has 3 heterocycles. The number of hydrogen-bond donors (Lipinski definition) is 1. The van der Waals surface area contributed by atoms with Crippen molar-refractivity contribution >= 4 is 23.7 Å². The number of fused-ring (bicyclic) bond motifs is 1. The number of benzene rings is 1. The Hall–Kier alpha value is -3.39. The van der Waals surface area contributed by atoms with Gasteiger partial charge in [0, 0.05) is 55.9 Å². The van der Waals surface area contributed by atoms with E-state index in [1.54, 1.807) is 4.57 Å². The summed E-state index contributed by atoms with van der Waals surface area (Å²) in [6, 6.07) is 10.5. The van der Waals surface area contributed by atoms with Gasteiger partial charge in [0.1, 0.15) is 11.6 Å². The lowest BCUT2D eigenvalue weighted by Gasteiger charge is -2.38. The molecular weight excluding hydrogens is 454 g/mol. The minimum atomic E-state index is -0.314. The molecule has 36 heavy (non-hydrogen) atoms. The van der Waals surface area contributed by atoms with Gasteiger partial charge < -0.3 is 15.0 Å². The Balaban J connectivity index is 1.38. The van der Waals surface area contributed by atoms with Gasteiger partial charge in [-0.25, -0.2) is 9.59 Å². The van der Waals surface area contributed by atoms with E-state index in [0.717, 1.165) is 62.6 Å². The van der Waals surface area contributed by atoms with Crippen LogP contribution in [0.15, 0.2) is 52.5 Å². The molecule has 0 bridgehead atoms. The van der Waals surface area contributed by atoms with Gasteiger partial charge in [0.05, 0.1) is 12.2 Å². The van der Waals surface area contributed by atoms with E-state index < -0.39 is 0 Å². The average molecular weight is 490 g/mol. The summed E-state index contributed by atoms with van der Waals surface area (Å²) in [5.41, 5.74) is 3.26. The third-order valence-corrected chi connectivity index (χ3v) is 7.27. The van der Waals surface area contributed by atoms with Gasteiger partial charge >= 0.3 is 11.7 Å². The lowest BCUT2D eigenvalue weighted by molar-refractivity contribution is -0.138. The third-order valence-electron chi connectivity index (χ3n) is 7.27. The van der Waals surface area contributed by atoms with Crippen molar-refractivity contribution in [1.82, 2.24) is 14.5 Å². The molecule has 1 unspecified atom stereocenters. The van der Waals surface area contributed by atoms with E-state index in [9.17, 15) is 9.59 Å². The van der Waals surface area contributed by atoms with Crippen LogP contribution in [0, 0.1) is 0 Å². The van der Waals surface area contributed by atoms with Gasteiger partial charge in [-0.05, 0) is 32.3 Å². The van der Waals surface area contributed by atoms with Gasteiger partial charge in [-0.1, -0.05) is 49.4 Å². The van der Waals surface area contributed by atoms with Crippen LogP contribution in [0.4, 0.5) is 11.6 Å². The second-order valence-corrected chi connectivity index (χ2v) is 9.79. The highest BCUT2D eigenvalue weighted by Crippen LogP contribution is 2.45. The van der Waals surface area contributed by atoms with Crippen molar-refractivity contribution in [2.75, 3.05) is 49.5 Å². The van der Waals surface area contributed by atoms with E-state index in [-0.39, 0.29) is 23.6 Å². The van der Waals surface area contributed by atoms with Crippen LogP contribution in [0.2, 0.25) is 0 Å². The van der Waals surface area contributed by atoms with Crippen LogP contribution in [0.1, 0.15) is 56.7 Å². The van der Waals surface area contributed by atoms with E-state index >= 15 is 0 Å². The van der Waals surface area contributed by atoms with Crippen molar-refractivity contribution in [1.29, 1.82) is 0 Å². The number of carbonyl (C=O) groups excluding carboxylic acids is 1. The second-order valence-electron chi connectivity index (χ2n) is 9.79. The molecule has 1 N–H and O–H groups in total. The highest BCUT2D eigenvalue weighted by Gasteiger charge is 2.38. The zero-order valence-electron chi connectivity index (χ0n) is 21.4. The lowest BCUT2D eigenvalue weighted by atomic mass is 9.88. The summed E-state index contributed by atoms with van der Waals surface area (Å²) in [5.74, 6) is 0.950. The summed E-state index contributed by atoms with van der Waals surface area (Å²) in [6.45, 7) is 10.2. The average Bonchev–Trinajstić information content (AvgIpc) is 3.70. The van der Waals surface area contributed by atoms with E-state index in [4.69, 9.17) is 4.74 Å². The Kier molecular flexibility index (Phi) is 6.96. The van der Waals surface area contributed by atoms with Crippen molar-refractivity contribution in [2.45, 2.75) is 45.6 Å². The molecule has 2 fully saturated rings. The predicted octanol–water partition coefficient (Wildman–Crippen LogP) is 3.78. The van der Waals surface area contributed by atoms with Crippen molar-refractivity contribution < 1.29 is 9.53 Å². The molecule has 0 amide bonds. The molecule has 0 spiro atoms. The van der Waals surface area contributed by atoms with Crippen LogP contribution < -0.4 is 15.9 Å². The summed E-state index contributed by atoms with van der Waals surface area (Å²) < 4.78 is 7.16. The van der Waals surface area contributed by atoms with Crippen LogP contribution in [0.25, 0.3) is 6.08 Å².